The smallest absolute Gasteiger partial charge is 0.410 e. The lowest BCUT2D eigenvalue weighted by Gasteiger charge is -2.44. The lowest BCUT2D eigenvalue weighted by atomic mass is 9.68. The summed E-state index contributed by atoms with van der Waals surface area (Å²) in [6, 6.07) is 0. The van der Waals surface area contributed by atoms with E-state index in [1.807, 2.05) is 4.90 Å². The molecule has 8 nitrogen and oxygen atoms in total. The highest BCUT2D eigenvalue weighted by Gasteiger charge is 2.72. The predicted octanol–water partition coefficient (Wildman–Crippen LogP) is 3.24. The highest BCUT2D eigenvalue weighted by molar-refractivity contribution is 5.69. The average molecular weight is 493 g/mol. The molecule has 5 rings (SSSR count). The number of amides is 1. The molecule has 35 heavy (non-hydrogen) atoms. The van der Waals surface area contributed by atoms with E-state index in [-0.39, 0.29) is 41.5 Å². The first kappa shape index (κ1) is 25.5. The third kappa shape index (κ3) is 5.14. The van der Waals surface area contributed by atoms with Crippen molar-refractivity contribution in [2.45, 2.75) is 88.5 Å². The van der Waals surface area contributed by atoms with Gasteiger partial charge >= 0.3 is 6.09 Å². The van der Waals surface area contributed by atoms with Gasteiger partial charge in [-0.25, -0.2) is 4.79 Å². The van der Waals surface area contributed by atoms with E-state index in [9.17, 15) is 4.79 Å². The molecule has 5 aliphatic rings. The van der Waals surface area contributed by atoms with E-state index in [4.69, 9.17) is 23.7 Å². The molecule has 1 saturated carbocycles. The standard InChI is InChI=1S/C27H44N2O6/c1-18(2)6-7-22-26(3,35-22)24-23(32-5)21(8-11-27(24)17-33-27)34-25(30)29-14-19(15-29)9-12-28-13-10-20(16-28)31-4/h6,19-24H,7-17H2,1-5H3/t20?,21?,22-,23?,24?,26+,27?/m1/s1. The van der Waals surface area contributed by atoms with E-state index in [1.54, 1.807) is 14.2 Å². The first-order valence-corrected chi connectivity index (χ1v) is 13.5. The highest BCUT2D eigenvalue weighted by Crippen LogP contribution is 2.59. The minimum Gasteiger partial charge on any atom is -0.443 e. The quantitative estimate of drug-likeness (QED) is 0.361. The van der Waals surface area contributed by atoms with Crippen molar-refractivity contribution in [2.75, 3.05) is 53.6 Å². The van der Waals surface area contributed by atoms with E-state index in [1.165, 1.54) is 5.57 Å². The van der Waals surface area contributed by atoms with Gasteiger partial charge in [-0.3, -0.25) is 0 Å². The van der Waals surface area contributed by atoms with Gasteiger partial charge in [-0.05, 0) is 65.3 Å². The second-order valence-electron chi connectivity index (χ2n) is 11.8. The van der Waals surface area contributed by atoms with Gasteiger partial charge in [0.1, 0.15) is 23.4 Å². The molecule has 7 atom stereocenters. The maximum atomic E-state index is 13.0. The number of carbonyl (C=O) groups is 1. The van der Waals surface area contributed by atoms with Gasteiger partial charge < -0.3 is 33.5 Å². The molecule has 0 aromatic heterocycles. The topological polar surface area (TPSA) is 76.3 Å². The Kier molecular flexibility index (Phi) is 7.23. The van der Waals surface area contributed by atoms with Gasteiger partial charge in [0.25, 0.3) is 0 Å². The number of hydrogen-bond acceptors (Lipinski definition) is 7. The van der Waals surface area contributed by atoms with Gasteiger partial charge in [-0.2, -0.15) is 0 Å². The first-order chi connectivity index (χ1) is 16.8. The van der Waals surface area contributed by atoms with Crippen molar-refractivity contribution in [1.82, 2.24) is 9.80 Å². The first-order valence-electron chi connectivity index (χ1n) is 13.5. The second-order valence-corrected chi connectivity index (χ2v) is 11.8. The summed E-state index contributed by atoms with van der Waals surface area (Å²) in [5.41, 5.74) is 0.788. The molecule has 4 saturated heterocycles. The number of hydrogen-bond donors (Lipinski definition) is 0. The number of allylic oxidation sites excluding steroid dienone is 1. The van der Waals surface area contributed by atoms with Crippen LogP contribution < -0.4 is 0 Å². The zero-order chi connectivity index (χ0) is 24.8. The van der Waals surface area contributed by atoms with Crippen LogP contribution in [0, 0.1) is 11.8 Å². The number of epoxide rings is 2. The molecule has 8 heteroatoms. The van der Waals surface area contributed by atoms with Crippen molar-refractivity contribution in [3.05, 3.63) is 11.6 Å². The van der Waals surface area contributed by atoms with Crippen LogP contribution in [0.1, 0.15) is 52.9 Å². The molecule has 0 aromatic carbocycles. The Morgan fingerprint density at radius 2 is 1.91 bits per heavy atom. The van der Waals surface area contributed by atoms with Crippen LogP contribution in [-0.2, 0) is 23.7 Å². The van der Waals surface area contributed by atoms with Gasteiger partial charge in [-0.1, -0.05) is 11.6 Å². The van der Waals surface area contributed by atoms with Crippen molar-refractivity contribution in [1.29, 1.82) is 0 Å². The fourth-order valence-electron chi connectivity index (χ4n) is 6.73. The summed E-state index contributed by atoms with van der Waals surface area (Å²) in [5.74, 6) is 0.613. The van der Waals surface area contributed by atoms with E-state index in [0.29, 0.717) is 12.0 Å². The van der Waals surface area contributed by atoms with Gasteiger partial charge in [-0.15, -0.1) is 0 Å². The molecule has 0 N–H and O–H groups in total. The number of nitrogens with zero attached hydrogens (tertiary/aromatic N) is 2. The van der Waals surface area contributed by atoms with Crippen molar-refractivity contribution >= 4 is 6.09 Å². The Labute approximate surface area is 210 Å². The molecule has 1 aliphatic carbocycles. The Balaban J connectivity index is 1.12. The molecular formula is C27H44N2O6. The fourth-order valence-corrected chi connectivity index (χ4v) is 6.73. The summed E-state index contributed by atoms with van der Waals surface area (Å²) in [5, 5.41) is 0. The Bertz CT molecular complexity index is 805. The third-order valence-electron chi connectivity index (χ3n) is 9.12. The molecule has 4 aliphatic heterocycles. The molecule has 0 bridgehead atoms. The van der Waals surface area contributed by atoms with Crippen molar-refractivity contribution in [2.24, 2.45) is 11.8 Å². The predicted molar refractivity (Wildman–Crippen MR) is 131 cm³/mol. The monoisotopic (exact) mass is 492 g/mol. The Morgan fingerprint density at radius 1 is 1.14 bits per heavy atom. The van der Waals surface area contributed by atoms with Crippen LogP contribution in [0.4, 0.5) is 4.79 Å². The molecule has 0 radical (unpaired) electrons. The van der Waals surface area contributed by atoms with Crippen molar-refractivity contribution in [3.63, 3.8) is 0 Å². The highest BCUT2D eigenvalue weighted by atomic mass is 16.6. The molecule has 0 aromatic rings. The second kappa shape index (κ2) is 9.93. The average Bonchev–Trinajstić information content (AvgIpc) is 3.66. The summed E-state index contributed by atoms with van der Waals surface area (Å²) in [6.45, 7) is 11.9. The normalized spacial score (nSPS) is 41.1. The van der Waals surface area contributed by atoms with Crippen LogP contribution >= 0.6 is 0 Å². The summed E-state index contributed by atoms with van der Waals surface area (Å²) in [4.78, 5) is 17.3. The minimum atomic E-state index is -0.312. The summed E-state index contributed by atoms with van der Waals surface area (Å²) in [7, 11) is 3.52. The van der Waals surface area contributed by atoms with E-state index in [2.05, 4.69) is 31.7 Å². The minimum absolute atomic E-state index is 0.0580. The number of carbonyl (C=O) groups excluding carboxylic acids is 1. The van der Waals surface area contributed by atoms with Crippen molar-refractivity contribution in [3.8, 4) is 0 Å². The lowest BCUT2D eigenvalue weighted by molar-refractivity contribution is -0.124. The summed E-state index contributed by atoms with van der Waals surface area (Å²) >= 11 is 0. The number of methoxy groups -OCH3 is 2. The van der Waals surface area contributed by atoms with Crippen molar-refractivity contribution < 1.29 is 28.5 Å². The number of rotatable bonds is 9. The lowest BCUT2D eigenvalue weighted by Crippen LogP contribution is -2.57. The molecule has 5 fully saturated rings. The molecule has 1 amide bonds. The molecule has 4 heterocycles. The van der Waals surface area contributed by atoms with E-state index >= 15 is 0 Å². The SMILES string of the molecule is COC1CCN(CCC2CN(C(=O)OC3CCC4(CO4)C([C@@]4(C)O[C@@H]4CC=C(C)C)C3OC)C2)C1. The molecule has 198 valence electrons. The zero-order valence-electron chi connectivity index (χ0n) is 22.2. The van der Waals surface area contributed by atoms with E-state index in [0.717, 1.165) is 71.4 Å². The summed E-state index contributed by atoms with van der Waals surface area (Å²) in [6.07, 6.45) is 6.84. The maximum Gasteiger partial charge on any atom is 0.410 e. The fraction of sp³-hybridized carbons (Fsp3) is 0.889. The van der Waals surface area contributed by atoms with Crippen LogP contribution in [0.3, 0.4) is 0 Å². The molecular weight excluding hydrogens is 448 g/mol. The van der Waals surface area contributed by atoms with Crippen LogP contribution in [0.5, 0.6) is 0 Å². The maximum absolute atomic E-state index is 13.0. The third-order valence-corrected chi connectivity index (χ3v) is 9.12. The van der Waals surface area contributed by atoms with Gasteiger partial charge in [0.2, 0.25) is 0 Å². The summed E-state index contributed by atoms with van der Waals surface area (Å²) < 4.78 is 29.8. The Hall–Kier alpha value is -1.19. The van der Waals surface area contributed by atoms with Crippen LogP contribution in [0.2, 0.25) is 0 Å². The zero-order valence-corrected chi connectivity index (χ0v) is 22.2. The van der Waals surface area contributed by atoms with Gasteiger partial charge in [0.15, 0.2) is 0 Å². The molecule has 5 unspecified atom stereocenters. The van der Waals surface area contributed by atoms with Crippen LogP contribution in [0.25, 0.3) is 0 Å². The van der Waals surface area contributed by atoms with Gasteiger partial charge in [0, 0.05) is 40.4 Å². The van der Waals surface area contributed by atoms with E-state index < -0.39 is 0 Å². The van der Waals surface area contributed by atoms with Gasteiger partial charge in [0.05, 0.1) is 24.7 Å². The number of likely N-dealkylation sites (tertiary alicyclic amines) is 2. The van der Waals surface area contributed by atoms with Crippen LogP contribution in [0.15, 0.2) is 11.6 Å². The number of ether oxygens (including phenoxy) is 5. The van der Waals surface area contributed by atoms with Crippen LogP contribution in [-0.4, -0.2) is 105 Å². The Morgan fingerprint density at radius 3 is 2.54 bits per heavy atom. The largest absolute Gasteiger partial charge is 0.443 e. The molecule has 1 spiro atoms.